The predicted octanol–water partition coefficient (Wildman–Crippen LogP) is 2.08. The number of carbonyl (C=O) groups excluding carboxylic acids is 1. The molecule has 6 nitrogen and oxygen atoms in total. The minimum atomic E-state index is -0.398. The van der Waals surface area contributed by atoms with Crippen molar-refractivity contribution in [2.75, 3.05) is 7.11 Å². The molecule has 0 aromatic carbocycles. The molecule has 0 amide bonds. The summed E-state index contributed by atoms with van der Waals surface area (Å²) in [5.74, 6) is 0.982. The second-order valence-electron chi connectivity index (χ2n) is 4.05. The molecule has 0 bridgehead atoms. The summed E-state index contributed by atoms with van der Waals surface area (Å²) in [4.78, 5) is 11.5. The number of aryl methyl sites for hydroxylation is 1. The lowest BCUT2D eigenvalue weighted by Crippen LogP contribution is -2.03. The van der Waals surface area contributed by atoms with Crippen molar-refractivity contribution in [2.24, 2.45) is 0 Å². The number of nitrogens with zero attached hydrogens (tertiary/aromatic N) is 3. The van der Waals surface area contributed by atoms with Crippen molar-refractivity contribution in [3.8, 4) is 11.4 Å². The van der Waals surface area contributed by atoms with E-state index in [1.807, 2.05) is 13.0 Å². The maximum atomic E-state index is 11.5. The number of carbonyl (C=O) groups is 1. The van der Waals surface area contributed by atoms with Gasteiger partial charge in [0.1, 0.15) is 5.76 Å². The molecule has 0 radical (unpaired) electrons. The van der Waals surface area contributed by atoms with E-state index in [9.17, 15) is 4.79 Å². The monoisotopic (exact) mass is 257 g/mol. The molecule has 19 heavy (non-hydrogen) atoms. The smallest absolute Gasteiger partial charge is 0.339 e. The fourth-order valence-corrected chi connectivity index (χ4v) is 1.93. The molecule has 0 fully saturated rings. The minimum Gasteiger partial charge on any atom is -0.469 e. The van der Waals surface area contributed by atoms with Crippen molar-refractivity contribution in [3.05, 3.63) is 42.0 Å². The first-order chi connectivity index (χ1) is 9.20. The number of hydrogen-bond acceptors (Lipinski definition) is 5. The fourth-order valence-electron chi connectivity index (χ4n) is 1.93. The number of rotatable bonds is 2. The molecule has 3 aromatic heterocycles. The van der Waals surface area contributed by atoms with Gasteiger partial charge in [0.05, 0.1) is 24.5 Å². The van der Waals surface area contributed by atoms with Gasteiger partial charge in [-0.25, -0.2) is 4.79 Å². The van der Waals surface area contributed by atoms with Crippen LogP contribution in [0.3, 0.4) is 0 Å². The number of pyridine rings is 1. The van der Waals surface area contributed by atoms with E-state index in [0.717, 1.165) is 11.3 Å². The molecule has 3 aromatic rings. The lowest BCUT2D eigenvalue weighted by atomic mass is 10.2. The summed E-state index contributed by atoms with van der Waals surface area (Å²) in [6.07, 6.45) is 3.25. The van der Waals surface area contributed by atoms with E-state index in [1.165, 1.54) is 7.11 Å². The van der Waals surface area contributed by atoms with Crippen LogP contribution in [0.5, 0.6) is 0 Å². The number of methoxy groups -OCH3 is 1. The largest absolute Gasteiger partial charge is 0.469 e. The first-order valence-corrected chi connectivity index (χ1v) is 5.68. The molecule has 6 heteroatoms. The topological polar surface area (TPSA) is 69.6 Å². The Hall–Kier alpha value is -2.63. The van der Waals surface area contributed by atoms with Gasteiger partial charge in [-0.3, -0.25) is 4.40 Å². The minimum absolute atomic E-state index is 0.398. The van der Waals surface area contributed by atoms with Crippen LogP contribution in [-0.4, -0.2) is 27.7 Å². The molecular weight excluding hydrogens is 246 g/mol. The Balaban J connectivity index is 2.21. The summed E-state index contributed by atoms with van der Waals surface area (Å²) in [6.45, 7) is 1.85. The quantitative estimate of drug-likeness (QED) is 0.657. The second-order valence-corrected chi connectivity index (χ2v) is 4.05. The Morgan fingerprint density at radius 3 is 2.84 bits per heavy atom. The molecule has 0 atom stereocenters. The molecule has 0 aliphatic heterocycles. The van der Waals surface area contributed by atoms with Crippen LogP contribution >= 0.6 is 0 Å². The number of furan rings is 1. The van der Waals surface area contributed by atoms with E-state index in [0.29, 0.717) is 17.0 Å². The van der Waals surface area contributed by atoms with Crippen LogP contribution in [0.2, 0.25) is 0 Å². The van der Waals surface area contributed by atoms with Gasteiger partial charge >= 0.3 is 5.97 Å². The van der Waals surface area contributed by atoms with Gasteiger partial charge in [0.25, 0.3) is 0 Å². The molecule has 3 rings (SSSR count). The van der Waals surface area contributed by atoms with Crippen LogP contribution in [0.4, 0.5) is 0 Å². The first kappa shape index (κ1) is 11.5. The zero-order chi connectivity index (χ0) is 13.4. The maximum absolute atomic E-state index is 11.5. The highest BCUT2D eigenvalue weighted by Gasteiger charge is 2.14. The van der Waals surface area contributed by atoms with Crippen LogP contribution in [0.25, 0.3) is 17.0 Å². The number of esters is 1. The van der Waals surface area contributed by atoms with Crippen molar-refractivity contribution in [1.82, 2.24) is 14.6 Å². The summed E-state index contributed by atoms with van der Waals surface area (Å²) in [5, 5.41) is 8.19. The van der Waals surface area contributed by atoms with Gasteiger partial charge in [-0.15, -0.1) is 10.2 Å². The normalized spacial score (nSPS) is 10.8. The van der Waals surface area contributed by atoms with Crippen LogP contribution in [0.15, 0.2) is 35.1 Å². The number of hydrogen-bond donors (Lipinski definition) is 0. The Labute approximate surface area is 108 Å². The Bertz CT molecular complexity index is 757. The molecule has 0 aliphatic rings. The van der Waals surface area contributed by atoms with Crippen molar-refractivity contribution in [1.29, 1.82) is 0 Å². The fraction of sp³-hybridized carbons (Fsp3) is 0.154. The molecule has 3 heterocycles. The van der Waals surface area contributed by atoms with Gasteiger partial charge in [-0.2, -0.15) is 0 Å². The van der Waals surface area contributed by atoms with Crippen molar-refractivity contribution in [3.63, 3.8) is 0 Å². The third-order valence-electron chi connectivity index (χ3n) is 2.92. The van der Waals surface area contributed by atoms with Crippen LogP contribution in [0.1, 0.15) is 16.1 Å². The lowest BCUT2D eigenvalue weighted by molar-refractivity contribution is 0.0600. The second kappa shape index (κ2) is 4.24. The van der Waals surface area contributed by atoms with Crippen molar-refractivity contribution in [2.45, 2.75) is 6.92 Å². The third kappa shape index (κ3) is 1.77. The Kier molecular flexibility index (Phi) is 2.56. The van der Waals surface area contributed by atoms with Crippen LogP contribution in [-0.2, 0) is 4.74 Å². The van der Waals surface area contributed by atoms with Gasteiger partial charge in [-0.1, -0.05) is 0 Å². The van der Waals surface area contributed by atoms with Gasteiger partial charge < -0.3 is 9.15 Å². The van der Waals surface area contributed by atoms with E-state index >= 15 is 0 Å². The average molecular weight is 257 g/mol. The first-order valence-electron chi connectivity index (χ1n) is 5.68. The predicted molar refractivity (Wildman–Crippen MR) is 66.8 cm³/mol. The molecule has 0 saturated heterocycles. The molecular formula is C13H11N3O3. The summed E-state index contributed by atoms with van der Waals surface area (Å²) in [7, 11) is 1.35. The molecule has 0 saturated carbocycles. The molecule has 0 spiro atoms. The number of ether oxygens (including phenoxy) is 1. The van der Waals surface area contributed by atoms with Crippen LogP contribution in [0, 0.1) is 6.92 Å². The van der Waals surface area contributed by atoms with Gasteiger partial charge in [0.15, 0.2) is 11.5 Å². The maximum Gasteiger partial charge on any atom is 0.339 e. The Morgan fingerprint density at radius 2 is 2.16 bits per heavy atom. The van der Waals surface area contributed by atoms with E-state index in [1.54, 1.807) is 29.0 Å². The standard InChI is InChI=1S/C13H11N3O3/c1-8-10(5-6-19-8)12-15-14-11-4-3-9(7-16(11)12)13(17)18-2/h3-7H,1-2H3. The molecule has 0 aliphatic carbocycles. The van der Waals surface area contributed by atoms with Gasteiger partial charge in [0, 0.05) is 6.20 Å². The van der Waals surface area contributed by atoms with E-state index in [4.69, 9.17) is 9.15 Å². The summed E-state index contributed by atoms with van der Waals surface area (Å²) in [6, 6.07) is 5.19. The van der Waals surface area contributed by atoms with Gasteiger partial charge in [-0.05, 0) is 25.1 Å². The summed E-state index contributed by atoms with van der Waals surface area (Å²) < 4.78 is 11.7. The number of fused-ring (bicyclic) bond motifs is 1. The zero-order valence-electron chi connectivity index (χ0n) is 10.5. The lowest BCUT2D eigenvalue weighted by Gasteiger charge is -2.02. The third-order valence-corrected chi connectivity index (χ3v) is 2.92. The van der Waals surface area contributed by atoms with Gasteiger partial charge in [0.2, 0.25) is 0 Å². The number of aromatic nitrogens is 3. The summed E-state index contributed by atoms with van der Waals surface area (Å²) >= 11 is 0. The van der Waals surface area contributed by atoms with E-state index < -0.39 is 5.97 Å². The molecule has 0 unspecified atom stereocenters. The summed E-state index contributed by atoms with van der Waals surface area (Å²) in [5.41, 5.74) is 1.94. The zero-order valence-corrected chi connectivity index (χ0v) is 10.5. The highest BCUT2D eigenvalue weighted by atomic mass is 16.5. The average Bonchev–Trinajstić information content (AvgIpc) is 3.02. The van der Waals surface area contributed by atoms with Crippen molar-refractivity contribution >= 4 is 11.6 Å². The van der Waals surface area contributed by atoms with Crippen LogP contribution < -0.4 is 0 Å². The highest BCUT2D eigenvalue weighted by molar-refractivity contribution is 5.89. The molecule has 96 valence electrons. The molecule has 0 N–H and O–H groups in total. The highest BCUT2D eigenvalue weighted by Crippen LogP contribution is 2.23. The Morgan fingerprint density at radius 1 is 1.32 bits per heavy atom. The van der Waals surface area contributed by atoms with E-state index in [2.05, 4.69) is 10.2 Å². The SMILES string of the molecule is COC(=O)c1ccc2nnc(-c3ccoc3C)n2c1. The van der Waals surface area contributed by atoms with Crippen molar-refractivity contribution < 1.29 is 13.9 Å². The van der Waals surface area contributed by atoms with E-state index in [-0.39, 0.29) is 0 Å².